The Kier molecular flexibility index (Phi) is 3.99. The fourth-order valence-corrected chi connectivity index (χ4v) is 4.16. The van der Waals surface area contributed by atoms with E-state index in [2.05, 4.69) is 9.88 Å². The van der Waals surface area contributed by atoms with Crippen LogP contribution >= 0.6 is 11.6 Å². The SMILES string of the molecule is Cc1noc(C)c1S(=O)(=O)NCC1CCCC1Cl. The highest BCUT2D eigenvalue weighted by Crippen LogP contribution is 2.30. The smallest absolute Gasteiger partial charge is 0.245 e. The molecule has 0 bridgehead atoms. The average Bonchev–Trinajstić information content (AvgIpc) is 2.83. The van der Waals surface area contributed by atoms with Crippen molar-refractivity contribution < 1.29 is 12.9 Å². The Morgan fingerprint density at radius 1 is 1.44 bits per heavy atom. The van der Waals surface area contributed by atoms with Gasteiger partial charge in [-0.2, -0.15) is 0 Å². The van der Waals surface area contributed by atoms with E-state index >= 15 is 0 Å². The predicted molar refractivity (Wildman–Crippen MR) is 68.1 cm³/mol. The van der Waals surface area contributed by atoms with Gasteiger partial charge in [-0.25, -0.2) is 13.1 Å². The molecule has 1 saturated carbocycles. The van der Waals surface area contributed by atoms with Gasteiger partial charge in [0.05, 0.1) is 0 Å². The maximum Gasteiger partial charge on any atom is 0.245 e. The molecule has 1 aromatic rings. The van der Waals surface area contributed by atoms with Crippen LogP contribution in [0.15, 0.2) is 9.42 Å². The molecule has 2 rings (SSSR count). The zero-order valence-corrected chi connectivity index (χ0v) is 12.0. The first-order chi connectivity index (χ1) is 8.42. The normalized spacial score (nSPS) is 24.6. The van der Waals surface area contributed by atoms with Crippen LogP contribution in [0.25, 0.3) is 0 Å². The molecule has 1 N–H and O–H groups in total. The zero-order valence-electron chi connectivity index (χ0n) is 10.4. The van der Waals surface area contributed by atoms with Gasteiger partial charge in [0.25, 0.3) is 0 Å². The van der Waals surface area contributed by atoms with Crippen molar-refractivity contribution in [2.75, 3.05) is 6.54 Å². The molecule has 1 aliphatic rings. The summed E-state index contributed by atoms with van der Waals surface area (Å²) in [5.41, 5.74) is 0.383. The number of halogens is 1. The maximum absolute atomic E-state index is 12.1. The molecule has 2 unspecified atom stereocenters. The van der Waals surface area contributed by atoms with Crippen LogP contribution in [0.1, 0.15) is 30.7 Å². The molecule has 1 aromatic heterocycles. The largest absolute Gasteiger partial charge is 0.360 e. The Labute approximate surface area is 112 Å². The van der Waals surface area contributed by atoms with Gasteiger partial charge in [0.1, 0.15) is 10.6 Å². The lowest BCUT2D eigenvalue weighted by molar-refractivity contribution is 0.390. The van der Waals surface area contributed by atoms with Crippen LogP contribution < -0.4 is 4.72 Å². The van der Waals surface area contributed by atoms with Gasteiger partial charge in [-0.3, -0.25) is 0 Å². The quantitative estimate of drug-likeness (QED) is 0.861. The molecular formula is C11H17ClN2O3S. The van der Waals surface area contributed by atoms with E-state index in [1.165, 1.54) is 0 Å². The number of hydrogen-bond donors (Lipinski definition) is 1. The van der Waals surface area contributed by atoms with E-state index in [0.717, 1.165) is 19.3 Å². The number of nitrogens with one attached hydrogen (secondary N) is 1. The third-order valence-electron chi connectivity index (χ3n) is 3.34. The molecule has 1 fully saturated rings. The Hall–Kier alpha value is -0.590. The van der Waals surface area contributed by atoms with Gasteiger partial charge in [0.2, 0.25) is 10.0 Å². The van der Waals surface area contributed by atoms with Crippen molar-refractivity contribution in [2.45, 2.75) is 43.4 Å². The van der Waals surface area contributed by atoms with Gasteiger partial charge in [-0.15, -0.1) is 11.6 Å². The topological polar surface area (TPSA) is 72.2 Å². The monoisotopic (exact) mass is 292 g/mol. The van der Waals surface area contributed by atoms with Crippen molar-refractivity contribution in [1.29, 1.82) is 0 Å². The van der Waals surface area contributed by atoms with Crippen molar-refractivity contribution in [3.8, 4) is 0 Å². The first kappa shape index (κ1) is 13.8. The van der Waals surface area contributed by atoms with E-state index in [1.54, 1.807) is 13.8 Å². The highest BCUT2D eigenvalue weighted by Gasteiger charge is 2.29. The van der Waals surface area contributed by atoms with Gasteiger partial charge in [0.15, 0.2) is 5.76 Å². The Morgan fingerprint density at radius 3 is 2.67 bits per heavy atom. The van der Waals surface area contributed by atoms with E-state index in [-0.39, 0.29) is 16.2 Å². The molecule has 1 heterocycles. The van der Waals surface area contributed by atoms with Crippen LogP contribution in [0.2, 0.25) is 0 Å². The summed E-state index contributed by atoms with van der Waals surface area (Å²) in [6.45, 7) is 3.58. The summed E-state index contributed by atoms with van der Waals surface area (Å²) >= 11 is 6.13. The molecule has 0 spiro atoms. The van der Waals surface area contributed by atoms with Crippen LogP contribution in [-0.2, 0) is 10.0 Å². The molecule has 102 valence electrons. The zero-order chi connectivity index (χ0) is 13.3. The number of alkyl halides is 1. The number of rotatable bonds is 4. The summed E-state index contributed by atoms with van der Waals surface area (Å²) in [6, 6.07) is 0. The second-order valence-corrected chi connectivity index (χ2v) is 6.98. The van der Waals surface area contributed by atoms with Gasteiger partial charge in [-0.1, -0.05) is 11.6 Å². The van der Waals surface area contributed by atoms with Crippen molar-refractivity contribution in [2.24, 2.45) is 5.92 Å². The number of aromatic nitrogens is 1. The fourth-order valence-electron chi connectivity index (χ4n) is 2.37. The summed E-state index contributed by atoms with van der Waals surface area (Å²) in [5, 5.41) is 3.72. The van der Waals surface area contributed by atoms with Gasteiger partial charge < -0.3 is 4.52 Å². The molecule has 0 radical (unpaired) electrons. The van der Waals surface area contributed by atoms with E-state index in [4.69, 9.17) is 16.1 Å². The summed E-state index contributed by atoms with van der Waals surface area (Å²) in [7, 11) is -3.55. The van der Waals surface area contributed by atoms with Crippen LogP contribution in [0.5, 0.6) is 0 Å². The van der Waals surface area contributed by atoms with E-state index < -0.39 is 10.0 Å². The van der Waals surface area contributed by atoms with E-state index in [9.17, 15) is 8.42 Å². The van der Waals surface area contributed by atoms with Gasteiger partial charge in [-0.05, 0) is 32.6 Å². The highest BCUT2D eigenvalue weighted by atomic mass is 35.5. The van der Waals surface area contributed by atoms with Crippen LogP contribution in [0, 0.1) is 19.8 Å². The van der Waals surface area contributed by atoms with Gasteiger partial charge in [0, 0.05) is 11.9 Å². The lowest BCUT2D eigenvalue weighted by atomic mass is 10.1. The van der Waals surface area contributed by atoms with Gasteiger partial charge >= 0.3 is 0 Å². The molecule has 0 aliphatic heterocycles. The Morgan fingerprint density at radius 2 is 2.17 bits per heavy atom. The van der Waals surface area contributed by atoms with E-state index in [1.807, 2.05) is 0 Å². The predicted octanol–water partition coefficient (Wildman–Crippen LogP) is 1.98. The summed E-state index contributed by atoms with van der Waals surface area (Å²) < 4.78 is 31.8. The van der Waals surface area contributed by atoms with Crippen molar-refractivity contribution in [3.05, 3.63) is 11.5 Å². The first-order valence-electron chi connectivity index (χ1n) is 5.98. The minimum Gasteiger partial charge on any atom is -0.360 e. The van der Waals surface area contributed by atoms with Crippen LogP contribution in [-0.4, -0.2) is 25.5 Å². The summed E-state index contributed by atoms with van der Waals surface area (Å²) in [5.74, 6) is 0.524. The Balaban J connectivity index is 2.08. The molecular weight excluding hydrogens is 276 g/mol. The number of sulfonamides is 1. The fraction of sp³-hybridized carbons (Fsp3) is 0.727. The molecule has 1 aliphatic carbocycles. The van der Waals surface area contributed by atoms with Crippen LogP contribution in [0.4, 0.5) is 0 Å². The molecule has 5 nitrogen and oxygen atoms in total. The number of aryl methyl sites for hydroxylation is 2. The summed E-state index contributed by atoms with van der Waals surface area (Å²) in [6.07, 6.45) is 2.99. The molecule has 7 heteroatoms. The van der Waals surface area contributed by atoms with Crippen molar-refractivity contribution in [3.63, 3.8) is 0 Å². The molecule has 18 heavy (non-hydrogen) atoms. The highest BCUT2D eigenvalue weighted by molar-refractivity contribution is 7.89. The van der Waals surface area contributed by atoms with E-state index in [0.29, 0.717) is 18.0 Å². The van der Waals surface area contributed by atoms with Crippen molar-refractivity contribution in [1.82, 2.24) is 9.88 Å². The molecule has 2 atom stereocenters. The van der Waals surface area contributed by atoms with Crippen molar-refractivity contribution >= 4 is 21.6 Å². The molecule has 0 aromatic carbocycles. The average molecular weight is 293 g/mol. The molecule has 0 amide bonds. The third-order valence-corrected chi connectivity index (χ3v) is 5.58. The first-order valence-corrected chi connectivity index (χ1v) is 7.90. The lowest BCUT2D eigenvalue weighted by Crippen LogP contribution is -2.31. The third kappa shape index (κ3) is 2.70. The maximum atomic E-state index is 12.1. The standard InChI is InChI=1S/C11H17ClN2O3S/c1-7-11(8(2)17-14-7)18(15,16)13-6-9-4-3-5-10(9)12/h9-10,13H,3-6H2,1-2H3. The second-order valence-electron chi connectivity index (χ2n) is 4.71. The number of nitrogens with zero attached hydrogens (tertiary/aromatic N) is 1. The Bertz CT molecular complexity index is 507. The number of hydrogen-bond acceptors (Lipinski definition) is 4. The van der Waals surface area contributed by atoms with Crippen LogP contribution in [0.3, 0.4) is 0 Å². The summed E-state index contributed by atoms with van der Waals surface area (Å²) in [4.78, 5) is 0.145. The minimum absolute atomic E-state index is 0.0670. The lowest BCUT2D eigenvalue weighted by Gasteiger charge is -2.14. The second kappa shape index (κ2) is 5.19. The molecule has 0 saturated heterocycles. The minimum atomic E-state index is -3.55.